The molecule has 114 valence electrons. The summed E-state index contributed by atoms with van der Waals surface area (Å²) in [6.07, 6.45) is 0.735. The van der Waals surface area contributed by atoms with Gasteiger partial charge in [-0.3, -0.25) is 4.68 Å². The molecule has 0 spiro atoms. The molecule has 0 fully saturated rings. The van der Waals surface area contributed by atoms with Crippen LogP contribution >= 0.6 is 0 Å². The molecule has 2 N–H and O–H groups in total. The maximum atomic E-state index is 13.0. The first-order valence-corrected chi connectivity index (χ1v) is 8.36. The lowest BCUT2D eigenvalue weighted by molar-refractivity contribution is 0.585. The number of halogens is 1. The number of anilines is 1. The average molecular weight is 311 g/mol. The number of rotatable bonds is 5. The van der Waals surface area contributed by atoms with Gasteiger partial charge in [0.2, 0.25) is 0 Å². The second kappa shape index (κ2) is 5.85. The molecular weight excluding hydrogens is 293 g/mol. The molecule has 0 saturated heterocycles. The fourth-order valence-electron chi connectivity index (χ4n) is 2.15. The molecule has 0 atom stereocenters. The van der Waals surface area contributed by atoms with E-state index in [0.717, 1.165) is 24.2 Å². The van der Waals surface area contributed by atoms with E-state index in [1.165, 1.54) is 6.07 Å². The molecule has 2 aromatic rings. The standard InChI is InChI=1S/C14H18FN3O2S/c1-3-11-8-12(18(4-2)17-11)9-21(19,20)14-6-5-10(15)7-13(14)16/h5-8H,3-4,9,16H2,1-2H3. The van der Waals surface area contributed by atoms with Crippen LogP contribution in [-0.4, -0.2) is 18.2 Å². The Labute approximate surface area is 123 Å². The Morgan fingerprint density at radius 2 is 2.00 bits per heavy atom. The third kappa shape index (κ3) is 3.24. The molecule has 0 aliphatic rings. The minimum Gasteiger partial charge on any atom is -0.398 e. The third-order valence-corrected chi connectivity index (χ3v) is 4.94. The van der Waals surface area contributed by atoms with E-state index >= 15 is 0 Å². The average Bonchev–Trinajstić information content (AvgIpc) is 2.79. The first kappa shape index (κ1) is 15.5. The number of aromatic nitrogens is 2. The van der Waals surface area contributed by atoms with E-state index in [0.29, 0.717) is 12.2 Å². The largest absolute Gasteiger partial charge is 0.398 e. The molecule has 1 heterocycles. The fourth-order valence-corrected chi connectivity index (χ4v) is 3.62. The van der Waals surface area contributed by atoms with Gasteiger partial charge in [-0.2, -0.15) is 5.10 Å². The third-order valence-electron chi connectivity index (χ3n) is 3.22. The number of aryl methyl sites for hydroxylation is 2. The lowest BCUT2D eigenvalue weighted by Crippen LogP contribution is -2.12. The Bertz CT molecular complexity index is 754. The van der Waals surface area contributed by atoms with Crippen molar-refractivity contribution in [3.8, 4) is 0 Å². The van der Waals surface area contributed by atoms with E-state index in [9.17, 15) is 12.8 Å². The van der Waals surface area contributed by atoms with Crippen molar-refractivity contribution in [1.82, 2.24) is 9.78 Å². The predicted molar refractivity (Wildman–Crippen MR) is 79.0 cm³/mol. The van der Waals surface area contributed by atoms with Crippen molar-refractivity contribution in [3.05, 3.63) is 41.5 Å². The number of benzene rings is 1. The minimum atomic E-state index is -3.64. The quantitative estimate of drug-likeness (QED) is 0.678. The molecule has 0 aliphatic carbocycles. The van der Waals surface area contributed by atoms with Gasteiger partial charge in [0.05, 0.1) is 27.7 Å². The van der Waals surface area contributed by atoms with Crippen LogP contribution in [0.3, 0.4) is 0 Å². The zero-order valence-electron chi connectivity index (χ0n) is 12.0. The molecule has 1 aromatic carbocycles. The number of nitrogens with two attached hydrogens (primary N) is 1. The summed E-state index contributed by atoms with van der Waals surface area (Å²) >= 11 is 0. The van der Waals surface area contributed by atoms with Crippen LogP contribution in [0.2, 0.25) is 0 Å². The molecule has 0 saturated carbocycles. The molecule has 7 heteroatoms. The summed E-state index contributed by atoms with van der Waals surface area (Å²) in [6, 6.07) is 5.09. The Kier molecular flexibility index (Phi) is 4.32. The SMILES string of the molecule is CCc1cc(CS(=O)(=O)c2ccc(F)cc2N)n(CC)n1. The molecule has 2 rings (SSSR count). The van der Waals surface area contributed by atoms with Crippen LogP contribution in [0.1, 0.15) is 25.2 Å². The molecular formula is C14H18FN3O2S. The topological polar surface area (TPSA) is 78.0 Å². The fraction of sp³-hybridized carbons (Fsp3) is 0.357. The normalized spacial score (nSPS) is 11.8. The summed E-state index contributed by atoms with van der Waals surface area (Å²) in [5.41, 5.74) is 7.00. The summed E-state index contributed by atoms with van der Waals surface area (Å²) < 4.78 is 39.6. The highest BCUT2D eigenvalue weighted by atomic mass is 32.2. The van der Waals surface area contributed by atoms with Gasteiger partial charge in [-0.1, -0.05) is 6.92 Å². The van der Waals surface area contributed by atoms with Gasteiger partial charge in [-0.25, -0.2) is 12.8 Å². The number of nitrogens with zero attached hydrogens (tertiary/aromatic N) is 2. The van der Waals surface area contributed by atoms with E-state index in [-0.39, 0.29) is 16.3 Å². The molecule has 1 aromatic heterocycles. The maximum absolute atomic E-state index is 13.0. The Morgan fingerprint density at radius 3 is 2.57 bits per heavy atom. The van der Waals surface area contributed by atoms with Crippen LogP contribution in [-0.2, 0) is 28.6 Å². The summed E-state index contributed by atoms with van der Waals surface area (Å²) in [6.45, 7) is 4.44. The number of nitrogen functional groups attached to an aromatic ring is 1. The second-order valence-corrected chi connectivity index (χ2v) is 6.70. The van der Waals surface area contributed by atoms with Crippen LogP contribution < -0.4 is 5.73 Å². The van der Waals surface area contributed by atoms with Crippen LogP contribution in [0.15, 0.2) is 29.2 Å². The zero-order chi connectivity index (χ0) is 15.6. The van der Waals surface area contributed by atoms with Gasteiger partial charge in [0.15, 0.2) is 9.84 Å². The summed E-state index contributed by atoms with van der Waals surface area (Å²) in [5.74, 6) is -0.762. The highest BCUT2D eigenvalue weighted by Gasteiger charge is 2.21. The van der Waals surface area contributed by atoms with Gasteiger partial charge in [0.1, 0.15) is 5.82 Å². The summed E-state index contributed by atoms with van der Waals surface area (Å²) in [5, 5.41) is 4.32. The highest BCUT2D eigenvalue weighted by molar-refractivity contribution is 7.90. The van der Waals surface area contributed by atoms with Crippen molar-refractivity contribution in [2.75, 3.05) is 5.73 Å². The number of sulfone groups is 1. The van der Waals surface area contributed by atoms with E-state index in [1.54, 1.807) is 10.7 Å². The molecule has 0 radical (unpaired) electrons. The predicted octanol–water partition coefficient (Wildman–Crippen LogP) is 2.16. The van der Waals surface area contributed by atoms with E-state index in [4.69, 9.17) is 5.73 Å². The molecule has 0 aliphatic heterocycles. The van der Waals surface area contributed by atoms with Crippen molar-refractivity contribution in [2.24, 2.45) is 0 Å². The van der Waals surface area contributed by atoms with Crippen molar-refractivity contribution in [3.63, 3.8) is 0 Å². The Morgan fingerprint density at radius 1 is 1.29 bits per heavy atom. The van der Waals surface area contributed by atoms with Crippen LogP contribution in [0.5, 0.6) is 0 Å². The lowest BCUT2D eigenvalue weighted by Gasteiger charge is -2.08. The van der Waals surface area contributed by atoms with Gasteiger partial charge in [-0.05, 0) is 37.6 Å². The summed E-state index contributed by atoms with van der Waals surface area (Å²) in [4.78, 5) is -0.0502. The molecule has 0 unspecified atom stereocenters. The van der Waals surface area contributed by atoms with Gasteiger partial charge < -0.3 is 5.73 Å². The van der Waals surface area contributed by atoms with Gasteiger partial charge in [0.25, 0.3) is 0 Å². The van der Waals surface area contributed by atoms with E-state index in [1.807, 2.05) is 13.8 Å². The van der Waals surface area contributed by atoms with Crippen LogP contribution in [0.25, 0.3) is 0 Å². The van der Waals surface area contributed by atoms with Crippen LogP contribution in [0, 0.1) is 5.82 Å². The first-order chi connectivity index (χ1) is 9.87. The smallest absolute Gasteiger partial charge is 0.186 e. The van der Waals surface area contributed by atoms with Crippen LogP contribution in [0.4, 0.5) is 10.1 Å². The van der Waals surface area contributed by atoms with E-state index < -0.39 is 15.7 Å². The van der Waals surface area contributed by atoms with E-state index in [2.05, 4.69) is 5.10 Å². The van der Waals surface area contributed by atoms with Gasteiger partial charge in [0, 0.05) is 6.54 Å². The monoisotopic (exact) mass is 311 g/mol. The summed E-state index contributed by atoms with van der Waals surface area (Å²) in [7, 11) is -3.64. The highest BCUT2D eigenvalue weighted by Crippen LogP contribution is 2.23. The first-order valence-electron chi connectivity index (χ1n) is 6.70. The van der Waals surface area contributed by atoms with Crippen molar-refractivity contribution in [2.45, 2.75) is 37.5 Å². The molecule has 21 heavy (non-hydrogen) atoms. The molecule has 5 nitrogen and oxygen atoms in total. The number of hydrogen-bond acceptors (Lipinski definition) is 4. The second-order valence-electron chi connectivity index (χ2n) is 4.74. The minimum absolute atomic E-state index is 0.0502. The van der Waals surface area contributed by atoms with Crippen molar-refractivity contribution >= 4 is 15.5 Å². The number of hydrogen-bond donors (Lipinski definition) is 1. The molecule has 0 bridgehead atoms. The van der Waals surface area contributed by atoms with Crippen molar-refractivity contribution in [1.29, 1.82) is 0 Å². The Hall–Kier alpha value is -1.89. The van der Waals surface area contributed by atoms with Gasteiger partial charge >= 0.3 is 0 Å². The van der Waals surface area contributed by atoms with Gasteiger partial charge in [-0.15, -0.1) is 0 Å². The maximum Gasteiger partial charge on any atom is 0.186 e. The molecule has 0 amide bonds. The van der Waals surface area contributed by atoms with Crippen molar-refractivity contribution < 1.29 is 12.8 Å². The Balaban J connectivity index is 2.39. The zero-order valence-corrected chi connectivity index (χ0v) is 12.8. The lowest BCUT2D eigenvalue weighted by atomic mass is 10.3.